The molecule has 0 heterocycles. The zero-order valence-corrected chi connectivity index (χ0v) is 12.3. The van der Waals surface area contributed by atoms with Crippen LogP contribution in [-0.4, -0.2) is 23.2 Å². The van der Waals surface area contributed by atoms with Gasteiger partial charge in [0.2, 0.25) is 0 Å². The van der Waals surface area contributed by atoms with Crippen molar-refractivity contribution in [3.63, 3.8) is 0 Å². The first-order valence-electron chi connectivity index (χ1n) is 6.74. The first kappa shape index (κ1) is 16.2. The third kappa shape index (κ3) is 4.37. The van der Waals surface area contributed by atoms with Gasteiger partial charge in [0, 0.05) is 11.6 Å². The third-order valence-electron chi connectivity index (χ3n) is 2.98. The van der Waals surface area contributed by atoms with Crippen LogP contribution in [0.1, 0.15) is 17.3 Å². The van der Waals surface area contributed by atoms with Gasteiger partial charge in [-0.1, -0.05) is 18.2 Å². The van der Waals surface area contributed by atoms with E-state index in [0.717, 1.165) is 0 Å². The Morgan fingerprint density at radius 3 is 2.61 bits per heavy atom. The van der Waals surface area contributed by atoms with Crippen LogP contribution in [0, 0.1) is 10.1 Å². The molecule has 0 saturated carbocycles. The van der Waals surface area contributed by atoms with Gasteiger partial charge in [-0.05, 0) is 25.1 Å². The number of hydrogen-bond acceptors (Lipinski definition) is 5. The van der Waals surface area contributed by atoms with Crippen molar-refractivity contribution in [2.75, 3.05) is 11.9 Å². The highest BCUT2D eigenvalue weighted by Gasteiger charge is 2.11. The predicted molar refractivity (Wildman–Crippen MR) is 83.7 cm³/mol. The van der Waals surface area contributed by atoms with Gasteiger partial charge in [0.1, 0.15) is 5.75 Å². The summed E-state index contributed by atoms with van der Waals surface area (Å²) in [4.78, 5) is 33.5. The van der Waals surface area contributed by atoms with Crippen LogP contribution in [0.3, 0.4) is 0 Å². The Morgan fingerprint density at radius 1 is 1.17 bits per heavy atom. The van der Waals surface area contributed by atoms with Crippen LogP contribution in [-0.2, 0) is 4.79 Å². The summed E-state index contributed by atoms with van der Waals surface area (Å²) in [5.74, 6) is -0.417. The molecule has 2 aromatic carbocycles. The molecule has 0 fully saturated rings. The molecule has 7 heteroatoms. The molecule has 0 aliphatic rings. The molecular formula is C16H14N2O5. The van der Waals surface area contributed by atoms with Crippen molar-refractivity contribution in [3.8, 4) is 5.75 Å². The molecular weight excluding hydrogens is 300 g/mol. The smallest absolute Gasteiger partial charge is 0.273 e. The van der Waals surface area contributed by atoms with Gasteiger partial charge >= 0.3 is 0 Å². The lowest BCUT2D eigenvalue weighted by Crippen LogP contribution is -2.21. The van der Waals surface area contributed by atoms with Crippen LogP contribution in [0.2, 0.25) is 0 Å². The van der Waals surface area contributed by atoms with Crippen molar-refractivity contribution < 1.29 is 19.2 Å². The Balaban J connectivity index is 2.00. The predicted octanol–water partition coefficient (Wildman–Crippen LogP) is 2.81. The first-order valence-corrected chi connectivity index (χ1v) is 6.74. The molecule has 0 unspecified atom stereocenters. The zero-order valence-electron chi connectivity index (χ0n) is 12.3. The summed E-state index contributed by atoms with van der Waals surface area (Å²) in [6, 6.07) is 12.2. The summed E-state index contributed by atoms with van der Waals surface area (Å²) < 4.78 is 5.23. The van der Waals surface area contributed by atoms with Crippen LogP contribution in [0.5, 0.6) is 5.75 Å². The number of hydrogen-bond donors (Lipinski definition) is 1. The van der Waals surface area contributed by atoms with E-state index in [0.29, 0.717) is 11.3 Å². The standard InChI is InChI=1S/C16H14N2O5/c1-11(19)14-7-2-3-8-15(14)17-16(20)10-23-13-6-4-5-12(9-13)18(21)22/h2-9H,10H2,1H3,(H,17,20). The third-order valence-corrected chi connectivity index (χ3v) is 2.98. The average molecular weight is 314 g/mol. The monoisotopic (exact) mass is 314 g/mol. The number of benzene rings is 2. The molecule has 1 amide bonds. The largest absolute Gasteiger partial charge is 0.484 e. The van der Waals surface area contributed by atoms with Crippen LogP contribution in [0.15, 0.2) is 48.5 Å². The number of nitrogens with zero attached hydrogens (tertiary/aromatic N) is 1. The van der Waals surface area contributed by atoms with Crippen molar-refractivity contribution >= 4 is 23.1 Å². The van der Waals surface area contributed by atoms with Crippen molar-refractivity contribution in [3.05, 3.63) is 64.2 Å². The van der Waals surface area contributed by atoms with Gasteiger partial charge in [-0.3, -0.25) is 19.7 Å². The number of amides is 1. The quantitative estimate of drug-likeness (QED) is 0.502. The molecule has 2 rings (SSSR count). The van der Waals surface area contributed by atoms with E-state index in [1.165, 1.54) is 31.2 Å². The molecule has 0 aromatic heterocycles. The fourth-order valence-corrected chi connectivity index (χ4v) is 1.92. The molecule has 0 aliphatic heterocycles. The second-order valence-electron chi connectivity index (χ2n) is 4.69. The number of Topliss-reactive ketones (excluding diaryl/α,β-unsaturated/α-hetero) is 1. The number of ketones is 1. The van der Waals surface area contributed by atoms with Crippen molar-refractivity contribution in [1.82, 2.24) is 0 Å². The highest BCUT2D eigenvalue weighted by atomic mass is 16.6. The minimum absolute atomic E-state index is 0.121. The second kappa shape index (κ2) is 7.17. The van der Waals surface area contributed by atoms with Gasteiger partial charge in [0.15, 0.2) is 12.4 Å². The van der Waals surface area contributed by atoms with Crippen molar-refractivity contribution in [2.24, 2.45) is 0 Å². The van der Waals surface area contributed by atoms with E-state index in [1.54, 1.807) is 24.3 Å². The molecule has 1 N–H and O–H groups in total. The van der Waals surface area contributed by atoms with Crippen LogP contribution in [0.4, 0.5) is 11.4 Å². The number of carbonyl (C=O) groups is 2. The Bertz CT molecular complexity index is 758. The van der Waals surface area contributed by atoms with Crippen LogP contribution in [0.25, 0.3) is 0 Å². The maximum atomic E-state index is 11.9. The molecule has 0 aliphatic carbocycles. The fraction of sp³-hybridized carbons (Fsp3) is 0.125. The van der Waals surface area contributed by atoms with Gasteiger partial charge in [-0.25, -0.2) is 0 Å². The van der Waals surface area contributed by atoms with Crippen molar-refractivity contribution in [1.29, 1.82) is 0 Å². The average Bonchev–Trinajstić information content (AvgIpc) is 2.53. The number of nitro groups is 1. The van der Waals surface area contributed by atoms with Gasteiger partial charge in [-0.2, -0.15) is 0 Å². The van der Waals surface area contributed by atoms with E-state index in [-0.39, 0.29) is 23.8 Å². The molecule has 0 atom stereocenters. The number of ether oxygens (including phenoxy) is 1. The Labute approximate surface area is 132 Å². The Hall–Kier alpha value is -3.22. The summed E-state index contributed by atoms with van der Waals surface area (Å²) >= 11 is 0. The molecule has 0 saturated heterocycles. The lowest BCUT2D eigenvalue weighted by atomic mass is 10.1. The van der Waals surface area contributed by atoms with Gasteiger partial charge in [0.05, 0.1) is 16.7 Å². The zero-order chi connectivity index (χ0) is 16.8. The molecule has 0 spiro atoms. The normalized spacial score (nSPS) is 9.96. The Kier molecular flexibility index (Phi) is 5.03. The molecule has 7 nitrogen and oxygen atoms in total. The molecule has 23 heavy (non-hydrogen) atoms. The maximum absolute atomic E-state index is 11.9. The molecule has 0 radical (unpaired) electrons. The lowest BCUT2D eigenvalue weighted by molar-refractivity contribution is -0.384. The van der Waals surface area contributed by atoms with E-state index in [9.17, 15) is 19.7 Å². The second-order valence-corrected chi connectivity index (χ2v) is 4.69. The van der Waals surface area contributed by atoms with Gasteiger partial charge < -0.3 is 10.1 Å². The minimum atomic E-state index is -0.546. The summed E-state index contributed by atoms with van der Waals surface area (Å²) in [6.07, 6.45) is 0. The summed E-state index contributed by atoms with van der Waals surface area (Å²) in [5.41, 5.74) is 0.675. The summed E-state index contributed by atoms with van der Waals surface area (Å²) in [6.45, 7) is 1.08. The van der Waals surface area contributed by atoms with E-state index in [2.05, 4.69) is 5.32 Å². The number of nitro benzene ring substituents is 1. The first-order chi connectivity index (χ1) is 11.0. The number of non-ortho nitro benzene ring substituents is 1. The number of nitrogens with one attached hydrogen (secondary N) is 1. The van der Waals surface area contributed by atoms with E-state index in [1.807, 2.05) is 0 Å². The van der Waals surface area contributed by atoms with Gasteiger partial charge in [0.25, 0.3) is 11.6 Å². The van der Waals surface area contributed by atoms with Gasteiger partial charge in [-0.15, -0.1) is 0 Å². The highest BCUT2D eigenvalue weighted by Crippen LogP contribution is 2.19. The number of carbonyl (C=O) groups excluding carboxylic acids is 2. The molecule has 118 valence electrons. The minimum Gasteiger partial charge on any atom is -0.484 e. The number of rotatable bonds is 6. The SMILES string of the molecule is CC(=O)c1ccccc1NC(=O)COc1cccc([N+](=O)[O-])c1. The summed E-state index contributed by atoms with van der Waals surface area (Å²) in [5, 5.41) is 13.3. The number of para-hydroxylation sites is 1. The maximum Gasteiger partial charge on any atom is 0.273 e. The van der Waals surface area contributed by atoms with Crippen molar-refractivity contribution in [2.45, 2.75) is 6.92 Å². The van der Waals surface area contributed by atoms with Crippen LogP contribution < -0.4 is 10.1 Å². The van der Waals surface area contributed by atoms with E-state index < -0.39 is 10.8 Å². The number of anilines is 1. The Morgan fingerprint density at radius 2 is 1.91 bits per heavy atom. The summed E-state index contributed by atoms with van der Waals surface area (Å²) in [7, 11) is 0. The van der Waals surface area contributed by atoms with Crippen LogP contribution >= 0.6 is 0 Å². The van der Waals surface area contributed by atoms with E-state index in [4.69, 9.17) is 4.74 Å². The molecule has 0 bridgehead atoms. The lowest BCUT2D eigenvalue weighted by Gasteiger charge is -2.10. The van der Waals surface area contributed by atoms with E-state index >= 15 is 0 Å². The topological polar surface area (TPSA) is 98.5 Å². The molecule has 2 aromatic rings. The fourth-order valence-electron chi connectivity index (χ4n) is 1.92. The highest BCUT2D eigenvalue weighted by molar-refractivity contribution is 6.03.